The minimum atomic E-state index is -3.02. The van der Waals surface area contributed by atoms with E-state index in [2.05, 4.69) is 12.2 Å². The van der Waals surface area contributed by atoms with Crippen molar-refractivity contribution >= 4 is 9.84 Å². The van der Waals surface area contributed by atoms with Crippen LogP contribution in [0.3, 0.4) is 0 Å². The molecule has 0 aromatic rings. The van der Waals surface area contributed by atoms with Gasteiger partial charge in [0.15, 0.2) is 9.84 Å². The molecule has 1 saturated carbocycles. The van der Waals surface area contributed by atoms with Gasteiger partial charge in [-0.05, 0) is 31.6 Å². The normalized spacial score (nSPS) is 41.5. The molecule has 0 aromatic carbocycles. The van der Waals surface area contributed by atoms with Crippen LogP contribution >= 0.6 is 0 Å². The number of nitrogens with one attached hydrogen (secondary N) is 1. The monoisotopic (exact) mass is 261 g/mol. The van der Waals surface area contributed by atoms with E-state index in [1.165, 1.54) is 19.3 Å². The van der Waals surface area contributed by atoms with Crippen LogP contribution in [0.5, 0.6) is 0 Å². The van der Waals surface area contributed by atoms with Crippen LogP contribution in [0, 0.1) is 5.92 Å². The predicted molar refractivity (Wildman–Crippen MR) is 67.6 cm³/mol. The molecule has 2 aliphatic rings. The lowest BCUT2D eigenvalue weighted by molar-refractivity contribution is 0.149. The Hall–Kier alpha value is -0.130. The summed E-state index contributed by atoms with van der Waals surface area (Å²) in [5.74, 6) is 0.863. The van der Waals surface area contributed by atoms with Crippen molar-refractivity contribution in [3.8, 4) is 0 Å². The molecule has 1 aliphatic carbocycles. The van der Waals surface area contributed by atoms with E-state index in [0.29, 0.717) is 6.04 Å². The van der Waals surface area contributed by atoms with E-state index < -0.39 is 15.9 Å². The standard InChI is InChI=1S/C12H23NO3S/c1-2-9-3-5-10(6-4-9)13-11-7-17(15,16)8-12(11)14/h9-14H,2-8H2,1H3. The van der Waals surface area contributed by atoms with Crippen molar-refractivity contribution < 1.29 is 13.5 Å². The number of rotatable bonds is 3. The van der Waals surface area contributed by atoms with E-state index in [1.54, 1.807) is 0 Å². The van der Waals surface area contributed by atoms with Gasteiger partial charge in [-0.15, -0.1) is 0 Å². The molecule has 0 spiro atoms. The molecule has 1 saturated heterocycles. The Balaban J connectivity index is 1.82. The molecule has 2 unspecified atom stereocenters. The summed E-state index contributed by atoms with van der Waals surface area (Å²) >= 11 is 0. The van der Waals surface area contributed by atoms with Crippen LogP contribution < -0.4 is 5.32 Å². The van der Waals surface area contributed by atoms with Gasteiger partial charge in [-0.3, -0.25) is 0 Å². The molecule has 0 aromatic heterocycles. The van der Waals surface area contributed by atoms with E-state index in [9.17, 15) is 13.5 Å². The maximum absolute atomic E-state index is 11.4. The maximum atomic E-state index is 11.4. The lowest BCUT2D eigenvalue weighted by atomic mass is 9.84. The fraction of sp³-hybridized carbons (Fsp3) is 1.00. The Morgan fingerprint density at radius 3 is 2.29 bits per heavy atom. The van der Waals surface area contributed by atoms with Crippen molar-refractivity contribution in [2.24, 2.45) is 5.92 Å². The first kappa shape index (κ1) is 13.3. The molecule has 4 nitrogen and oxygen atoms in total. The first-order chi connectivity index (χ1) is 8.00. The molecule has 0 bridgehead atoms. The molecule has 1 heterocycles. The van der Waals surface area contributed by atoms with E-state index in [-0.39, 0.29) is 17.5 Å². The molecular weight excluding hydrogens is 238 g/mol. The van der Waals surface area contributed by atoms with Crippen molar-refractivity contribution in [3.05, 3.63) is 0 Å². The quantitative estimate of drug-likeness (QED) is 0.785. The molecule has 0 radical (unpaired) electrons. The summed E-state index contributed by atoms with van der Waals surface area (Å²) < 4.78 is 22.8. The molecule has 2 N–H and O–H groups in total. The summed E-state index contributed by atoms with van der Waals surface area (Å²) in [6.07, 6.45) is 5.20. The third-order valence-corrected chi connectivity index (χ3v) is 5.91. The van der Waals surface area contributed by atoms with Crippen LogP contribution in [0.25, 0.3) is 0 Å². The van der Waals surface area contributed by atoms with Crippen molar-refractivity contribution in [3.63, 3.8) is 0 Å². The predicted octanol–water partition coefficient (Wildman–Crippen LogP) is 0.703. The van der Waals surface area contributed by atoms with Crippen LogP contribution in [0.2, 0.25) is 0 Å². The van der Waals surface area contributed by atoms with E-state index in [0.717, 1.165) is 18.8 Å². The van der Waals surface area contributed by atoms with Crippen LogP contribution in [0.4, 0.5) is 0 Å². The minimum Gasteiger partial charge on any atom is -0.390 e. The van der Waals surface area contributed by atoms with Gasteiger partial charge in [-0.1, -0.05) is 13.3 Å². The van der Waals surface area contributed by atoms with Crippen molar-refractivity contribution in [2.75, 3.05) is 11.5 Å². The highest BCUT2D eigenvalue weighted by Gasteiger charge is 2.37. The summed E-state index contributed by atoms with van der Waals surface area (Å²) in [5.41, 5.74) is 0. The highest BCUT2D eigenvalue weighted by molar-refractivity contribution is 7.91. The largest absolute Gasteiger partial charge is 0.390 e. The van der Waals surface area contributed by atoms with Gasteiger partial charge in [0.25, 0.3) is 0 Å². The Kier molecular flexibility index (Phi) is 4.10. The maximum Gasteiger partial charge on any atom is 0.154 e. The smallest absolute Gasteiger partial charge is 0.154 e. The van der Waals surface area contributed by atoms with E-state index in [4.69, 9.17) is 0 Å². The number of aliphatic hydroxyl groups excluding tert-OH is 1. The Morgan fingerprint density at radius 1 is 1.18 bits per heavy atom. The van der Waals surface area contributed by atoms with Gasteiger partial charge in [0.05, 0.1) is 17.6 Å². The lowest BCUT2D eigenvalue weighted by Gasteiger charge is -2.31. The zero-order valence-electron chi connectivity index (χ0n) is 10.4. The average molecular weight is 261 g/mol. The third-order valence-electron chi connectivity index (χ3n) is 4.20. The van der Waals surface area contributed by atoms with E-state index in [1.807, 2.05) is 0 Å². The van der Waals surface area contributed by atoms with Crippen LogP contribution in [-0.2, 0) is 9.84 Å². The average Bonchev–Trinajstić information content (AvgIpc) is 2.53. The summed E-state index contributed by atoms with van der Waals surface area (Å²) in [5, 5.41) is 13.1. The summed E-state index contributed by atoms with van der Waals surface area (Å²) in [6.45, 7) is 2.23. The van der Waals surface area contributed by atoms with Crippen molar-refractivity contribution in [1.29, 1.82) is 0 Å². The second-order valence-corrected chi connectivity index (χ2v) is 7.70. The first-order valence-electron chi connectivity index (χ1n) is 6.64. The van der Waals surface area contributed by atoms with Gasteiger partial charge in [0.2, 0.25) is 0 Å². The minimum absolute atomic E-state index is 0.0744. The van der Waals surface area contributed by atoms with Crippen LogP contribution in [0.1, 0.15) is 39.0 Å². The number of aliphatic hydroxyl groups is 1. The van der Waals surface area contributed by atoms with Crippen molar-refractivity contribution in [2.45, 2.75) is 57.2 Å². The number of sulfone groups is 1. The van der Waals surface area contributed by atoms with E-state index >= 15 is 0 Å². The van der Waals surface area contributed by atoms with Gasteiger partial charge < -0.3 is 10.4 Å². The topological polar surface area (TPSA) is 66.4 Å². The lowest BCUT2D eigenvalue weighted by Crippen LogP contribution is -2.46. The van der Waals surface area contributed by atoms with Gasteiger partial charge in [-0.2, -0.15) is 0 Å². The van der Waals surface area contributed by atoms with Crippen LogP contribution in [-0.4, -0.2) is 43.2 Å². The molecule has 2 fully saturated rings. The van der Waals surface area contributed by atoms with Gasteiger partial charge in [-0.25, -0.2) is 8.42 Å². The number of hydrogen-bond donors (Lipinski definition) is 2. The zero-order chi connectivity index (χ0) is 12.5. The Labute approximate surface area is 104 Å². The highest BCUT2D eigenvalue weighted by Crippen LogP contribution is 2.27. The second kappa shape index (κ2) is 5.24. The summed E-state index contributed by atoms with van der Waals surface area (Å²) in [7, 11) is -3.02. The Morgan fingerprint density at radius 2 is 1.82 bits per heavy atom. The van der Waals surface area contributed by atoms with Crippen LogP contribution in [0.15, 0.2) is 0 Å². The molecule has 2 atom stereocenters. The van der Waals surface area contributed by atoms with Gasteiger partial charge >= 0.3 is 0 Å². The highest BCUT2D eigenvalue weighted by atomic mass is 32.2. The molecule has 2 rings (SSSR count). The third kappa shape index (κ3) is 3.42. The molecule has 100 valence electrons. The first-order valence-corrected chi connectivity index (χ1v) is 8.47. The fourth-order valence-corrected chi connectivity index (χ4v) is 4.78. The molecule has 5 heteroatoms. The molecule has 0 amide bonds. The summed E-state index contributed by atoms with van der Waals surface area (Å²) in [6, 6.07) is 0.147. The van der Waals surface area contributed by atoms with Gasteiger partial charge in [0.1, 0.15) is 0 Å². The zero-order valence-corrected chi connectivity index (χ0v) is 11.2. The molecular formula is C12H23NO3S. The summed E-state index contributed by atoms with van der Waals surface area (Å²) in [4.78, 5) is 0. The molecule has 1 aliphatic heterocycles. The fourth-order valence-electron chi connectivity index (χ4n) is 3.03. The van der Waals surface area contributed by atoms with Gasteiger partial charge in [0, 0.05) is 12.1 Å². The SMILES string of the molecule is CCC1CCC(NC2CS(=O)(=O)CC2O)CC1. The Bertz CT molecular complexity index is 347. The second-order valence-electron chi connectivity index (χ2n) is 5.54. The molecule has 17 heavy (non-hydrogen) atoms. The van der Waals surface area contributed by atoms with Crippen molar-refractivity contribution in [1.82, 2.24) is 5.32 Å². The number of hydrogen-bond acceptors (Lipinski definition) is 4.